The second kappa shape index (κ2) is 9.03. The summed E-state index contributed by atoms with van der Waals surface area (Å²) in [5.41, 5.74) is 6.00. The smallest absolute Gasteiger partial charge is 0.255 e. The standard InChI is InChI=1S/C26H22N6O2/c1-16-5-3-7-19(13-16)29-25(33)17-8-9-22(34-2)21(14-17)31-26-30-20-10-12-28-24(20)23(32-26)18-6-4-11-27-15-18/h3-15,28H,1-2H3,(H,29,33)(H,30,31,32). The molecule has 168 valence electrons. The van der Waals surface area contributed by atoms with E-state index >= 15 is 0 Å². The van der Waals surface area contributed by atoms with Crippen molar-refractivity contribution in [2.75, 3.05) is 17.7 Å². The third kappa shape index (κ3) is 4.29. The van der Waals surface area contributed by atoms with Gasteiger partial charge < -0.3 is 20.4 Å². The molecule has 0 aliphatic heterocycles. The monoisotopic (exact) mass is 450 g/mol. The Kier molecular flexibility index (Phi) is 5.61. The molecule has 0 radical (unpaired) electrons. The van der Waals surface area contributed by atoms with E-state index < -0.39 is 0 Å². The van der Waals surface area contributed by atoms with E-state index in [4.69, 9.17) is 9.72 Å². The van der Waals surface area contributed by atoms with Crippen LogP contribution in [0.5, 0.6) is 5.75 Å². The zero-order chi connectivity index (χ0) is 23.5. The molecular weight excluding hydrogens is 428 g/mol. The Balaban J connectivity index is 1.49. The summed E-state index contributed by atoms with van der Waals surface area (Å²) in [6.07, 6.45) is 5.29. The summed E-state index contributed by atoms with van der Waals surface area (Å²) in [7, 11) is 1.57. The van der Waals surface area contributed by atoms with Crippen LogP contribution in [0.1, 0.15) is 15.9 Å². The molecule has 5 aromatic rings. The molecule has 8 heteroatoms. The third-order valence-electron chi connectivity index (χ3n) is 5.32. The maximum absolute atomic E-state index is 12.9. The lowest BCUT2D eigenvalue weighted by Gasteiger charge is -2.13. The van der Waals surface area contributed by atoms with Crippen LogP contribution in [0, 0.1) is 6.92 Å². The Labute approximate surface area is 196 Å². The summed E-state index contributed by atoms with van der Waals surface area (Å²) >= 11 is 0. The minimum Gasteiger partial charge on any atom is -0.495 e. The molecule has 3 N–H and O–H groups in total. The van der Waals surface area contributed by atoms with Crippen LogP contribution >= 0.6 is 0 Å². The number of methoxy groups -OCH3 is 1. The average molecular weight is 451 g/mol. The number of nitrogens with one attached hydrogen (secondary N) is 3. The minimum atomic E-state index is -0.227. The number of hydrogen-bond acceptors (Lipinski definition) is 6. The summed E-state index contributed by atoms with van der Waals surface area (Å²) < 4.78 is 5.51. The topological polar surface area (TPSA) is 105 Å². The number of fused-ring (bicyclic) bond motifs is 1. The van der Waals surface area contributed by atoms with Crippen molar-refractivity contribution in [2.45, 2.75) is 6.92 Å². The normalized spacial score (nSPS) is 10.8. The van der Waals surface area contributed by atoms with Crippen LogP contribution in [0.15, 0.2) is 79.3 Å². The number of anilines is 3. The fraction of sp³-hybridized carbons (Fsp3) is 0.0769. The van der Waals surface area contributed by atoms with Crippen LogP contribution in [0.4, 0.5) is 17.3 Å². The Morgan fingerprint density at radius 2 is 1.94 bits per heavy atom. The molecule has 0 spiro atoms. The molecule has 0 saturated heterocycles. The van der Waals surface area contributed by atoms with Gasteiger partial charge in [0.05, 0.1) is 23.8 Å². The number of nitrogens with zero attached hydrogens (tertiary/aromatic N) is 3. The van der Waals surface area contributed by atoms with Gasteiger partial charge in [-0.15, -0.1) is 0 Å². The fourth-order valence-electron chi connectivity index (χ4n) is 3.71. The second-order valence-corrected chi connectivity index (χ2v) is 7.74. The lowest BCUT2D eigenvalue weighted by atomic mass is 10.1. The lowest BCUT2D eigenvalue weighted by molar-refractivity contribution is 0.102. The second-order valence-electron chi connectivity index (χ2n) is 7.74. The van der Waals surface area contributed by atoms with Crippen molar-refractivity contribution in [2.24, 2.45) is 0 Å². The highest BCUT2D eigenvalue weighted by Gasteiger charge is 2.15. The van der Waals surface area contributed by atoms with E-state index in [1.165, 1.54) is 0 Å². The number of aryl methyl sites for hydroxylation is 1. The number of hydrogen-bond donors (Lipinski definition) is 3. The summed E-state index contributed by atoms with van der Waals surface area (Å²) in [5, 5.41) is 6.15. The van der Waals surface area contributed by atoms with E-state index in [1.807, 2.05) is 55.6 Å². The predicted molar refractivity (Wildman–Crippen MR) is 133 cm³/mol. The first-order valence-corrected chi connectivity index (χ1v) is 10.7. The van der Waals surface area contributed by atoms with Crippen molar-refractivity contribution in [3.63, 3.8) is 0 Å². The number of pyridine rings is 1. The molecule has 0 unspecified atom stereocenters. The van der Waals surface area contributed by atoms with Crippen molar-refractivity contribution in [3.05, 3.63) is 90.4 Å². The number of aromatic amines is 1. The van der Waals surface area contributed by atoms with Crippen LogP contribution in [0.25, 0.3) is 22.3 Å². The molecule has 5 rings (SSSR count). The van der Waals surface area contributed by atoms with Gasteiger partial charge in [-0.3, -0.25) is 9.78 Å². The summed E-state index contributed by atoms with van der Waals surface area (Å²) in [4.78, 5) is 29.6. The Bertz CT molecular complexity index is 1480. The van der Waals surface area contributed by atoms with Crippen molar-refractivity contribution in [1.82, 2.24) is 19.9 Å². The largest absolute Gasteiger partial charge is 0.495 e. The first kappa shape index (κ1) is 21.1. The highest BCUT2D eigenvalue weighted by atomic mass is 16.5. The van der Waals surface area contributed by atoms with Gasteiger partial charge in [0.25, 0.3) is 5.91 Å². The molecule has 0 saturated carbocycles. The van der Waals surface area contributed by atoms with Gasteiger partial charge in [-0.2, -0.15) is 0 Å². The number of carbonyl (C=O) groups is 1. The summed E-state index contributed by atoms with van der Waals surface area (Å²) in [6.45, 7) is 1.98. The molecule has 3 aromatic heterocycles. The lowest BCUT2D eigenvalue weighted by Crippen LogP contribution is -2.12. The number of H-pyrrole nitrogens is 1. The number of amides is 1. The maximum Gasteiger partial charge on any atom is 0.255 e. The predicted octanol–water partition coefficient (Wildman–Crippen LogP) is 5.33. The summed E-state index contributed by atoms with van der Waals surface area (Å²) in [5.74, 6) is 0.711. The average Bonchev–Trinajstić information content (AvgIpc) is 3.33. The number of rotatable bonds is 6. The van der Waals surface area contributed by atoms with Gasteiger partial charge in [0, 0.05) is 35.4 Å². The summed E-state index contributed by atoms with van der Waals surface area (Å²) in [6, 6.07) is 18.5. The van der Waals surface area contributed by atoms with E-state index in [0.717, 1.165) is 33.5 Å². The van der Waals surface area contributed by atoms with Crippen LogP contribution in [-0.4, -0.2) is 33.0 Å². The van der Waals surface area contributed by atoms with E-state index in [9.17, 15) is 4.79 Å². The molecule has 34 heavy (non-hydrogen) atoms. The SMILES string of the molecule is COc1ccc(C(=O)Nc2cccc(C)c2)cc1Nc1nc(-c2cccnc2)c2[nH]ccc2n1. The van der Waals surface area contributed by atoms with Crippen molar-refractivity contribution in [3.8, 4) is 17.0 Å². The Morgan fingerprint density at radius 3 is 2.74 bits per heavy atom. The van der Waals surface area contributed by atoms with Gasteiger partial charge >= 0.3 is 0 Å². The fourth-order valence-corrected chi connectivity index (χ4v) is 3.71. The molecule has 0 fully saturated rings. The maximum atomic E-state index is 12.9. The van der Waals surface area contributed by atoms with E-state index in [-0.39, 0.29) is 5.91 Å². The van der Waals surface area contributed by atoms with Crippen LogP contribution in [0.2, 0.25) is 0 Å². The zero-order valence-corrected chi connectivity index (χ0v) is 18.7. The minimum absolute atomic E-state index is 0.227. The quantitative estimate of drug-likeness (QED) is 0.323. The van der Waals surface area contributed by atoms with Crippen LogP contribution in [0.3, 0.4) is 0 Å². The molecule has 3 heterocycles. The molecule has 8 nitrogen and oxygen atoms in total. The van der Waals surface area contributed by atoms with E-state index in [0.29, 0.717) is 22.9 Å². The van der Waals surface area contributed by atoms with Gasteiger partial charge in [-0.05, 0) is 61.0 Å². The number of benzene rings is 2. The zero-order valence-electron chi connectivity index (χ0n) is 18.7. The first-order valence-electron chi connectivity index (χ1n) is 10.7. The van der Waals surface area contributed by atoms with Gasteiger partial charge in [-0.25, -0.2) is 9.97 Å². The van der Waals surface area contributed by atoms with E-state index in [2.05, 4.69) is 25.6 Å². The first-order chi connectivity index (χ1) is 16.6. The van der Waals surface area contributed by atoms with Gasteiger partial charge in [0.15, 0.2) is 0 Å². The molecule has 0 atom stereocenters. The number of carbonyl (C=O) groups excluding carboxylic acids is 1. The number of ether oxygens (including phenoxy) is 1. The van der Waals surface area contributed by atoms with Gasteiger partial charge in [0.1, 0.15) is 11.4 Å². The van der Waals surface area contributed by atoms with Crippen molar-refractivity contribution >= 4 is 34.3 Å². The molecule has 1 amide bonds. The molecular formula is C26H22N6O2. The molecule has 0 aliphatic rings. The highest BCUT2D eigenvalue weighted by molar-refractivity contribution is 6.05. The van der Waals surface area contributed by atoms with Crippen molar-refractivity contribution < 1.29 is 9.53 Å². The van der Waals surface area contributed by atoms with Gasteiger partial charge in [-0.1, -0.05) is 12.1 Å². The van der Waals surface area contributed by atoms with E-state index in [1.54, 1.807) is 37.7 Å². The van der Waals surface area contributed by atoms with Crippen LogP contribution in [-0.2, 0) is 0 Å². The highest BCUT2D eigenvalue weighted by Crippen LogP contribution is 2.31. The molecule has 0 aliphatic carbocycles. The Morgan fingerprint density at radius 1 is 1.03 bits per heavy atom. The third-order valence-corrected chi connectivity index (χ3v) is 5.32. The van der Waals surface area contributed by atoms with Gasteiger partial charge in [0.2, 0.25) is 5.95 Å². The Hall–Kier alpha value is -4.72. The van der Waals surface area contributed by atoms with Crippen molar-refractivity contribution in [1.29, 1.82) is 0 Å². The molecule has 2 aromatic carbocycles. The number of aromatic nitrogens is 4. The van der Waals surface area contributed by atoms with Crippen LogP contribution < -0.4 is 15.4 Å². The molecule has 0 bridgehead atoms.